The predicted octanol–water partition coefficient (Wildman–Crippen LogP) is 14.6. The molecule has 2 aliphatic rings. The number of nitrogens with zero attached hydrogens (tertiary/aromatic N) is 2. The van der Waals surface area contributed by atoms with Gasteiger partial charge in [-0.2, -0.15) is 0 Å². The lowest BCUT2D eigenvalue weighted by molar-refractivity contribution is 0.569. The molecule has 9 rings (SSSR count). The summed E-state index contributed by atoms with van der Waals surface area (Å²) in [6, 6.07) is 42.3. The predicted molar refractivity (Wildman–Crippen MR) is 260 cm³/mol. The van der Waals surface area contributed by atoms with Crippen molar-refractivity contribution < 1.29 is 4.42 Å². The molecule has 304 valence electrons. The fourth-order valence-corrected chi connectivity index (χ4v) is 9.63. The van der Waals surface area contributed by atoms with Crippen LogP contribution in [0.5, 0.6) is 0 Å². The van der Waals surface area contributed by atoms with Gasteiger partial charge in [0.2, 0.25) is 0 Å². The maximum absolute atomic E-state index is 6.59. The number of benzene rings is 6. The SMILES string of the molecule is Cc1cccc(C)c1-c1ccc2c(c1)N(c1cc(C(C)(C)C)cc(C(C)(C)C)c1)c1cc3ccoc3c3c1B2N(c1ccc(C(C)(C)C)cc1)c1ccc(C(C)(C)C)cc1-3. The number of hydrogen-bond donors (Lipinski definition) is 0. The van der Waals surface area contributed by atoms with Crippen molar-refractivity contribution in [2.75, 3.05) is 9.71 Å². The Morgan fingerprint density at radius 1 is 0.483 bits per heavy atom. The third-order valence-electron chi connectivity index (χ3n) is 13.2. The largest absolute Gasteiger partial charge is 0.464 e. The molecule has 0 unspecified atom stereocenters. The highest BCUT2D eigenvalue weighted by Crippen LogP contribution is 2.51. The third-order valence-corrected chi connectivity index (χ3v) is 13.2. The molecule has 7 aromatic rings. The molecule has 4 heteroatoms. The number of hydrogen-bond acceptors (Lipinski definition) is 3. The van der Waals surface area contributed by atoms with Crippen molar-refractivity contribution in [2.24, 2.45) is 0 Å². The summed E-state index contributed by atoms with van der Waals surface area (Å²) < 4.78 is 6.59. The molecule has 0 saturated heterocycles. The summed E-state index contributed by atoms with van der Waals surface area (Å²) in [7, 11) is 0. The summed E-state index contributed by atoms with van der Waals surface area (Å²) in [6.07, 6.45) is 1.88. The average Bonchev–Trinajstić information content (AvgIpc) is 3.64. The van der Waals surface area contributed by atoms with Gasteiger partial charge in [-0.15, -0.1) is 0 Å². The number of anilines is 5. The smallest absolute Gasteiger partial charge is 0.333 e. The fraction of sp³-hybridized carbons (Fsp3) is 0.321. The summed E-state index contributed by atoms with van der Waals surface area (Å²) in [5.41, 5.74) is 22.2. The monoisotopic (exact) mass is 788 g/mol. The maximum Gasteiger partial charge on any atom is 0.333 e. The van der Waals surface area contributed by atoms with E-state index in [0.717, 1.165) is 11.0 Å². The molecule has 3 heterocycles. The molecular weight excluding hydrogens is 727 g/mol. The van der Waals surface area contributed by atoms with E-state index in [2.05, 4.69) is 216 Å². The van der Waals surface area contributed by atoms with Crippen LogP contribution in [0.15, 0.2) is 120 Å². The minimum atomic E-state index is -0.121. The van der Waals surface area contributed by atoms with Crippen LogP contribution in [0.1, 0.15) is 116 Å². The topological polar surface area (TPSA) is 19.6 Å². The molecule has 0 atom stereocenters. The van der Waals surface area contributed by atoms with Gasteiger partial charge in [-0.1, -0.05) is 138 Å². The molecule has 0 fully saturated rings. The molecule has 2 aliphatic heterocycles. The van der Waals surface area contributed by atoms with Crippen LogP contribution in [-0.4, -0.2) is 6.85 Å². The summed E-state index contributed by atoms with van der Waals surface area (Å²) in [6.45, 7) is 32.2. The fourth-order valence-electron chi connectivity index (χ4n) is 9.63. The van der Waals surface area contributed by atoms with Gasteiger partial charge in [0.25, 0.3) is 0 Å². The highest BCUT2D eigenvalue weighted by Gasteiger charge is 2.47. The van der Waals surface area contributed by atoms with Crippen molar-refractivity contribution in [1.29, 1.82) is 0 Å². The van der Waals surface area contributed by atoms with Crippen LogP contribution in [0.4, 0.5) is 28.4 Å². The lowest BCUT2D eigenvalue weighted by Crippen LogP contribution is -2.61. The minimum absolute atomic E-state index is 0.0400. The molecule has 0 spiro atoms. The molecule has 0 aliphatic carbocycles. The first kappa shape index (κ1) is 40.0. The highest BCUT2D eigenvalue weighted by atomic mass is 16.3. The first-order valence-electron chi connectivity index (χ1n) is 21.9. The van der Waals surface area contributed by atoms with E-state index in [1.54, 1.807) is 0 Å². The summed E-state index contributed by atoms with van der Waals surface area (Å²) in [5.74, 6) is 0. The molecule has 60 heavy (non-hydrogen) atoms. The van der Waals surface area contributed by atoms with Crippen LogP contribution in [0.3, 0.4) is 0 Å². The number of rotatable bonds is 3. The summed E-state index contributed by atoms with van der Waals surface area (Å²) in [5, 5.41) is 1.11. The molecule has 0 radical (unpaired) electrons. The van der Waals surface area contributed by atoms with E-state index in [1.165, 1.54) is 95.0 Å². The zero-order chi connectivity index (χ0) is 42.8. The van der Waals surface area contributed by atoms with Gasteiger partial charge in [-0.05, 0) is 146 Å². The van der Waals surface area contributed by atoms with Gasteiger partial charge in [-0.25, -0.2) is 0 Å². The molecule has 3 nitrogen and oxygen atoms in total. The Kier molecular flexibility index (Phi) is 9.00. The Balaban J connectivity index is 1.44. The van der Waals surface area contributed by atoms with Gasteiger partial charge in [-0.3, -0.25) is 0 Å². The van der Waals surface area contributed by atoms with Gasteiger partial charge in [0.05, 0.1) is 6.26 Å². The van der Waals surface area contributed by atoms with Crippen molar-refractivity contribution in [3.8, 4) is 22.3 Å². The van der Waals surface area contributed by atoms with Crippen LogP contribution in [0.2, 0.25) is 0 Å². The van der Waals surface area contributed by atoms with E-state index in [9.17, 15) is 0 Å². The van der Waals surface area contributed by atoms with Gasteiger partial charge >= 0.3 is 6.85 Å². The van der Waals surface area contributed by atoms with Crippen LogP contribution in [0, 0.1) is 13.8 Å². The summed E-state index contributed by atoms with van der Waals surface area (Å²) >= 11 is 0. The maximum atomic E-state index is 6.59. The van der Waals surface area contributed by atoms with Crippen molar-refractivity contribution >= 4 is 57.2 Å². The molecular formula is C56H61BN2O. The number of aryl methyl sites for hydroxylation is 2. The zero-order valence-electron chi connectivity index (χ0n) is 38.3. The Morgan fingerprint density at radius 3 is 1.68 bits per heavy atom. The van der Waals surface area contributed by atoms with Crippen LogP contribution >= 0.6 is 0 Å². The van der Waals surface area contributed by atoms with Gasteiger partial charge < -0.3 is 14.1 Å². The van der Waals surface area contributed by atoms with Crippen LogP contribution in [-0.2, 0) is 21.7 Å². The Labute approximate surface area is 359 Å². The van der Waals surface area contributed by atoms with Gasteiger partial charge in [0.1, 0.15) is 5.58 Å². The van der Waals surface area contributed by atoms with Gasteiger partial charge in [0, 0.05) is 45.0 Å². The van der Waals surface area contributed by atoms with Crippen LogP contribution < -0.4 is 20.6 Å². The lowest BCUT2D eigenvalue weighted by atomic mass is 9.43. The molecule has 0 N–H and O–H groups in total. The van der Waals surface area contributed by atoms with Crippen molar-refractivity contribution in [2.45, 2.75) is 119 Å². The second-order valence-corrected chi connectivity index (χ2v) is 21.7. The Morgan fingerprint density at radius 2 is 1.08 bits per heavy atom. The molecule has 6 aromatic carbocycles. The Bertz CT molecular complexity index is 2780. The quantitative estimate of drug-likeness (QED) is 0.166. The van der Waals surface area contributed by atoms with Crippen LogP contribution in [0.25, 0.3) is 33.2 Å². The van der Waals surface area contributed by atoms with E-state index in [4.69, 9.17) is 4.42 Å². The summed E-state index contributed by atoms with van der Waals surface area (Å²) in [4.78, 5) is 5.22. The van der Waals surface area contributed by atoms with E-state index in [-0.39, 0.29) is 28.5 Å². The number of furan rings is 1. The average molecular weight is 789 g/mol. The molecule has 1 aromatic heterocycles. The zero-order valence-corrected chi connectivity index (χ0v) is 38.3. The second-order valence-electron chi connectivity index (χ2n) is 21.7. The number of fused-ring (bicyclic) bond motifs is 6. The lowest BCUT2D eigenvalue weighted by Gasteiger charge is -2.46. The van der Waals surface area contributed by atoms with Gasteiger partial charge in [0.15, 0.2) is 0 Å². The normalized spacial score (nSPS) is 14.1. The molecule has 0 bridgehead atoms. The van der Waals surface area contributed by atoms with Crippen molar-refractivity contribution in [1.82, 2.24) is 0 Å². The Hall–Kier alpha value is -5.48. The van der Waals surface area contributed by atoms with E-state index < -0.39 is 0 Å². The first-order chi connectivity index (χ1) is 28.1. The molecule has 0 saturated carbocycles. The van der Waals surface area contributed by atoms with E-state index in [0.29, 0.717) is 0 Å². The minimum Gasteiger partial charge on any atom is -0.464 e. The van der Waals surface area contributed by atoms with E-state index >= 15 is 0 Å². The highest BCUT2D eigenvalue weighted by molar-refractivity contribution is 6.94. The van der Waals surface area contributed by atoms with Crippen molar-refractivity contribution in [3.63, 3.8) is 0 Å². The first-order valence-corrected chi connectivity index (χ1v) is 21.9. The third kappa shape index (κ3) is 6.49. The molecule has 0 amide bonds. The second kappa shape index (κ2) is 13.5. The van der Waals surface area contributed by atoms with E-state index in [1.807, 2.05) is 6.26 Å². The van der Waals surface area contributed by atoms with Crippen molar-refractivity contribution in [3.05, 3.63) is 149 Å². The standard InChI is InChI=1S/C56H61BN2O/c1-34-16-15-17-35(2)49(34)36-18-24-45-47(28-36)58(43-31-40(55(9,10)11)30-41(32-43)56(12,13)14)48-29-37-26-27-60-52(37)50-44-33-39(54(6,7)8)21-25-46(44)59(57(45)51(48)50)42-22-19-38(20-23-42)53(3,4)5/h15-33H,1-14H3.